The van der Waals surface area contributed by atoms with Gasteiger partial charge >= 0.3 is 6.09 Å². The maximum atomic E-state index is 11.6. The Hall–Kier alpha value is -2.30. The van der Waals surface area contributed by atoms with Gasteiger partial charge in [-0.15, -0.1) is 24.0 Å². The molecule has 8 nitrogen and oxygen atoms in total. The number of aliphatic imine (C=N–C) groups is 1. The van der Waals surface area contributed by atoms with Crippen LogP contribution in [0.15, 0.2) is 47.7 Å². The first kappa shape index (κ1) is 24.7. The van der Waals surface area contributed by atoms with E-state index in [1.165, 1.54) is 0 Å². The van der Waals surface area contributed by atoms with Crippen LogP contribution in [0.4, 0.5) is 4.79 Å². The van der Waals surface area contributed by atoms with Crippen molar-refractivity contribution in [1.29, 1.82) is 0 Å². The van der Waals surface area contributed by atoms with Crippen molar-refractivity contribution in [2.45, 2.75) is 39.8 Å². The highest BCUT2D eigenvalue weighted by atomic mass is 127. The topological polar surface area (TPSA) is 92.6 Å². The third-order valence-electron chi connectivity index (χ3n) is 3.51. The van der Waals surface area contributed by atoms with E-state index in [1.54, 1.807) is 0 Å². The number of guanidine groups is 1. The van der Waals surface area contributed by atoms with E-state index in [2.05, 4.69) is 26.0 Å². The van der Waals surface area contributed by atoms with E-state index in [-0.39, 0.29) is 24.0 Å². The summed E-state index contributed by atoms with van der Waals surface area (Å²) in [6.45, 7) is 9.72. The summed E-state index contributed by atoms with van der Waals surface area (Å²) in [5.41, 5.74) is 1.52. The molecule has 0 radical (unpaired) electrons. The fourth-order valence-corrected chi connectivity index (χ4v) is 2.34. The molecule has 1 amide bonds. The zero-order valence-electron chi connectivity index (χ0n) is 17.4. The number of alkyl carbamates (subject to hydrolysis) is 1. The average molecular weight is 514 g/mol. The van der Waals surface area contributed by atoms with Gasteiger partial charge in [-0.25, -0.2) is 14.5 Å². The number of carbonyl (C=O) groups excluding carboxylic acids is 1. The molecule has 160 valence electrons. The molecule has 29 heavy (non-hydrogen) atoms. The van der Waals surface area contributed by atoms with Crippen molar-refractivity contribution >= 4 is 36.0 Å². The van der Waals surface area contributed by atoms with Crippen molar-refractivity contribution in [2.75, 3.05) is 19.6 Å². The summed E-state index contributed by atoms with van der Waals surface area (Å²) >= 11 is 0. The van der Waals surface area contributed by atoms with Crippen molar-refractivity contribution in [3.63, 3.8) is 0 Å². The van der Waals surface area contributed by atoms with E-state index in [0.29, 0.717) is 25.6 Å². The van der Waals surface area contributed by atoms with E-state index in [4.69, 9.17) is 4.74 Å². The van der Waals surface area contributed by atoms with Gasteiger partial charge < -0.3 is 20.7 Å². The number of nitrogens with one attached hydrogen (secondary N) is 3. The highest BCUT2D eigenvalue weighted by molar-refractivity contribution is 14.0. The predicted octanol–water partition coefficient (Wildman–Crippen LogP) is 3.07. The van der Waals surface area contributed by atoms with Gasteiger partial charge in [-0.3, -0.25) is 0 Å². The van der Waals surface area contributed by atoms with Gasteiger partial charge in [0, 0.05) is 31.4 Å². The molecule has 0 aliphatic carbocycles. The van der Waals surface area contributed by atoms with Crippen LogP contribution in [0.1, 0.15) is 33.3 Å². The van der Waals surface area contributed by atoms with Gasteiger partial charge in [-0.05, 0) is 39.8 Å². The SMILES string of the molecule is CCNC(=NCc1cnn(-c2ccccc2)c1)NCCNC(=O)OC(C)(C)C.I. The van der Waals surface area contributed by atoms with Crippen LogP contribution < -0.4 is 16.0 Å². The Balaban J connectivity index is 0.00000420. The first-order valence-corrected chi connectivity index (χ1v) is 9.45. The van der Waals surface area contributed by atoms with Gasteiger partial charge in [0.1, 0.15) is 5.60 Å². The lowest BCUT2D eigenvalue weighted by Gasteiger charge is -2.19. The highest BCUT2D eigenvalue weighted by Gasteiger charge is 2.15. The Labute approximate surface area is 189 Å². The number of aromatic nitrogens is 2. The number of halogens is 1. The third-order valence-corrected chi connectivity index (χ3v) is 3.51. The number of carbonyl (C=O) groups is 1. The second kappa shape index (κ2) is 12.3. The summed E-state index contributed by atoms with van der Waals surface area (Å²) in [5, 5.41) is 13.5. The van der Waals surface area contributed by atoms with Gasteiger partial charge in [-0.1, -0.05) is 18.2 Å². The molecular weight excluding hydrogens is 483 g/mol. The Kier molecular flexibility index (Phi) is 10.5. The summed E-state index contributed by atoms with van der Waals surface area (Å²) in [6.07, 6.45) is 3.35. The lowest BCUT2D eigenvalue weighted by Crippen LogP contribution is -2.42. The van der Waals surface area contributed by atoms with Crippen molar-refractivity contribution < 1.29 is 9.53 Å². The normalized spacial score (nSPS) is 11.4. The number of rotatable bonds is 7. The summed E-state index contributed by atoms with van der Waals surface area (Å²) in [4.78, 5) is 16.2. The molecule has 0 aliphatic rings. The molecule has 0 unspecified atom stereocenters. The van der Waals surface area contributed by atoms with E-state index in [9.17, 15) is 4.79 Å². The molecule has 0 atom stereocenters. The average Bonchev–Trinajstić information content (AvgIpc) is 3.11. The van der Waals surface area contributed by atoms with Crippen LogP contribution >= 0.6 is 24.0 Å². The Morgan fingerprint density at radius 3 is 2.48 bits per heavy atom. The molecule has 1 aromatic heterocycles. The quantitative estimate of drug-likeness (QED) is 0.229. The minimum absolute atomic E-state index is 0. The lowest BCUT2D eigenvalue weighted by atomic mass is 10.2. The Morgan fingerprint density at radius 2 is 1.83 bits per heavy atom. The van der Waals surface area contributed by atoms with Crippen LogP contribution in [-0.4, -0.2) is 47.1 Å². The monoisotopic (exact) mass is 514 g/mol. The van der Waals surface area contributed by atoms with Crippen LogP contribution in [0.2, 0.25) is 0 Å². The predicted molar refractivity (Wildman–Crippen MR) is 126 cm³/mol. The van der Waals surface area contributed by atoms with E-state index < -0.39 is 11.7 Å². The van der Waals surface area contributed by atoms with Crippen LogP contribution in [0, 0.1) is 0 Å². The van der Waals surface area contributed by atoms with Crippen LogP contribution in [-0.2, 0) is 11.3 Å². The summed E-state index contributed by atoms with van der Waals surface area (Å²) in [7, 11) is 0. The van der Waals surface area contributed by atoms with E-state index in [0.717, 1.165) is 17.8 Å². The molecular formula is C20H31IN6O2. The fourth-order valence-electron chi connectivity index (χ4n) is 2.34. The molecule has 0 bridgehead atoms. The smallest absolute Gasteiger partial charge is 0.407 e. The standard InChI is InChI=1S/C20H30N6O2.HI/c1-5-21-18(22-11-12-23-19(27)28-20(2,3)4)24-13-16-14-25-26(15-16)17-9-7-6-8-10-17;/h6-10,14-15H,5,11-13H2,1-4H3,(H,23,27)(H2,21,22,24);1H. The molecule has 0 spiro atoms. The molecule has 1 heterocycles. The highest BCUT2D eigenvalue weighted by Crippen LogP contribution is 2.08. The molecule has 2 aromatic rings. The number of ether oxygens (including phenoxy) is 1. The Morgan fingerprint density at radius 1 is 1.14 bits per heavy atom. The van der Waals surface area contributed by atoms with E-state index in [1.807, 2.05) is 75.1 Å². The van der Waals surface area contributed by atoms with Crippen LogP contribution in [0.25, 0.3) is 5.69 Å². The number of benzene rings is 1. The largest absolute Gasteiger partial charge is 0.444 e. The zero-order chi connectivity index (χ0) is 20.4. The Bertz CT molecular complexity index is 771. The molecule has 3 N–H and O–H groups in total. The van der Waals surface area contributed by atoms with Crippen molar-refractivity contribution in [2.24, 2.45) is 4.99 Å². The van der Waals surface area contributed by atoms with Crippen LogP contribution in [0.5, 0.6) is 0 Å². The second-order valence-corrected chi connectivity index (χ2v) is 7.18. The molecule has 2 rings (SSSR count). The van der Waals surface area contributed by atoms with Gasteiger partial charge in [0.05, 0.1) is 18.4 Å². The molecule has 1 aromatic carbocycles. The third kappa shape index (κ3) is 9.64. The molecule has 0 aliphatic heterocycles. The second-order valence-electron chi connectivity index (χ2n) is 7.18. The number of hydrogen-bond donors (Lipinski definition) is 3. The fraction of sp³-hybridized carbons (Fsp3) is 0.450. The number of nitrogens with zero attached hydrogens (tertiary/aromatic N) is 3. The zero-order valence-corrected chi connectivity index (χ0v) is 19.8. The summed E-state index contributed by atoms with van der Waals surface area (Å²) < 4.78 is 7.03. The first-order chi connectivity index (χ1) is 13.4. The van der Waals surface area contributed by atoms with Gasteiger partial charge in [0.15, 0.2) is 5.96 Å². The first-order valence-electron chi connectivity index (χ1n) is 9.45. The van der Waals surface area contributed by atoms with Crippen molar-refractivity contribution in [1.82, 2.24) is 25.7 Å². The molecule has 0 saturated heterocycles. The lowest BCUT2D eigenvalue weighted by molar-refractivity contribution is 0.0529. The maximum Gasteiger partial charge on any atom is 0.407 e. The van der Waals surface area contributed by atoms with E-state index >= 15 is 0 Å². The number of para-hydroxylation sites is 1. The molecule has 0 fully saturated rings. The van der Waals surface area contributed by atoms with Gasteiger partial charge in [0.25, 0.3) is 0 Å². The molecule has 0 saturated carbocycles. The minimum atomic E-state index is -0.502. The summed E-state index contributed by atoms with van der Waals surface area (Å²) in [6, 6.07) is 9.94. The molecule has 9 heteroatoms. The van der Waals surface area contributed by atoms with Crippen LogP contribution in [0.3, 0.4) is 0 Å². The maximum absolute atomic E-state index is 11.6. The number of hydrogen-bond acceptors (Lipinski definition) is 4. The summed E-state index contributed by atoms with van der Waals surface area (Å²) in [5.74, 6) is 0.681. The van der Waals surface area contributed by atoms with Crippen molar-refractivity contribution in [3.8, 4) is 5.69 Å². The van der Waals surface area contributed by atoms with Gasteiger partial charge in [0.2, 0.25) is 0 Å². The van der Waals surface area contributed by atoms with Crippen molar-refractivity contribution in [3.05, 3.63) is 48.3 Å². The number of amides is 1. The minimum Gasteiger partial charge on any atom is -0.444 e. The van der Waals surface area contributed by atoms with Gasteiger partial charge in [-0.2, -0.15) is 5.10 Å².